The molecule has 2 amide bonds. The van der Waals surface area contributed by atoms with Crippen LogP contribution in [0.4, 0.5) is 4.79 Å². The molecular formula is C26H37NO4Si. The van der Waals surface area contributed by atoms with Gasteiger partial charge < -0.3 is 9.16 Å². The summed E-state index contributed by atoms with van der Waals surface area (Å²) in [7, 11) is -2.03. The predicted molar refractivity (Wildman–Crippen MR) is 131 cm³/mol. The van der Waals surface area contributed by atoms with Crippen LogP contribution in [0.3, 0.4) is 0 Å². The number of imide groups is 1. The number of hydrogen-bond donors (Lipinski definition) is 0. The molecule has 1 aliphatic rings. The van der Waals surface area contributed by atoms with Crippen LogP contribution in [0, 0.1) is 0 Å². The summed E-state index contributed by atoms with van der Waals surface area (Å²) in [5.74, 6) is -0.599. The van der Waals surface area contributed by atoms with Gasteiger partial charge in [0.1, 0.15) is 5.60 Å². The van der Waals surface area contributed by atoms with Crippen molar-refractivity contribution in [3.8, 4) is 0 Å². The van der Waals surface area contributed by atoms with Gasteiger partial charge in [0.25, 0.3) is 0 Å². The average molecular weight is 456 g/mol. The smallest absolute Gasteiger partial charge is 0.417 e. The van der Waals surface area contributed by atoms with Gasteiger partial charge in [0, 0.05) is 0 Å². The highest BCUT2D eigenvalue weighted by atomic mass is 28.4. The summed E-state index contributed by atoms with van der Waals surface area (Å²) in [5, 5.41) is 2.26. The SMILES string of the molecule is CC(C)(C)OC(=O)N1C(=O)[C@H](c2ccc3ccccc3c2)C[C@@H]1CO[Si](C)(C)C(C)(C)C. The number of carbonyl (C=O) groups is 2. The minimum Gasteiger partial charge on any atom is -0.443 e. The Morgan fingerprint density at radius 1 is 1.03 bits per heavy atom. The molecule has 0 bridgehead atoms. The minimum absolute atomic E-state index is 0.0457. The van der Waals surface area contributed by atoms with Crippen LogP contribution in [-0.2, 0) is 14.0 Å². The van der Waals surface area contributed by atoms with Gasteiger partial charge in [-0.1, -0.05) is 63.2 Å². The van der Waals surface area contributed by atoms with Gasteiger partial charge in [0.15, 0.2) is 8.32 Å². The Hall–Kier alpha value is -2.18. The van der Waals surface area contributed by atoms with E-state index in [0.29, 0.717) is 13.0 Å². The zero-order valence-corrected chi connectivity index (χ0v) is 21.7. The topological polar surface area (TPSA) is 55.8 Å². The van der Waals surface area contributed by atoms with Gasteiger partial charge in [-0.2, -0.15) is 0 Å². The summed E-state index contributed by atoms with van der Waals surface area (Å²) in [6, 6.07) is 13.8. The van der Waals surface area contributed by atoms with Gasteiger partial charge in [0.2, 0.25) is 5.91 Å². The first-order chi connectivity index (χ1) is 14.7. The quantitative estimate of drug-likeness (QED) is 0.495. The Morgan fingerprint density at radius 2 is 1.66 bits per heavy atom. The van der Waals surface area contributed by atoms with Crippen LogP contribution < -0.4 is 0 Å². The van der Waals surface area contributed by atoms with Gasteiger partial charge in [-0.15, -0.1) is 0 Å². The van der Waals surface area contributed by atoms with E-state index in [1.165, 1.54) is 4.90 Å². The molecule has 32 heavy (non-hydrogen) atoms. The Balaban J connectivity index is 1.90. The second kappa shape index (κ2) is 8.63. The van der Waals surface area contributed by atoms with Crippen molar-refractivity contribution in [2.24, 2.45) is 0 Å². The molecule has 2 aromatic rings. The molecule has 0 unspecified atom stereocenters. The number of hydrogen-bond acceptors (Lipinski definition) is 4. The normalized spacial score (nSPS) is 20.1. The van der Waals surface area contributed by atoms with E-state index in [0.717, 1.165) is 16.3 Å². The maximum Gasteiger partial charge on any atom is 0.417 e. The molecule has 0 N–H and O–H groups in total. The predicted octanol–water partition coefficient (Wildman–Crippen LogP) is 6.48. The van der Waals surface area contributed by atoms with Crippen molar-refractivity contribution in [1.82, 2.24) is 4.90 Å². The van der Waals surface area contributed by atoms with Crippen LogP contribution in [0.5, 0.6) is 0 Å². The number of nitrogens with zero attached hydrogens (tertiary/aromatic N) is 1. The monoisotopic (exact) mass is 455 g/mol. The fourth-order valence-corrected chi connectivity index (χ4v) is 4.79. The number of rotatable bonds is 4. The maximum absolute atomic E-state index is 13.5. The third-order valence-corrected chi connectivity index (χ3v) is 11.1. The molecule has 174 valence electrons. The standard InChI is InChI=1S/C26H37NO4Si/c1-25(2,3)31-24(29)27-21(17-30-32(7,8)26(4,5)6)16-22(23(27)28)20-14-13-18-11-9-10-12-19(18)15-20/h9-15,21-22H,16-17H2,1-8H3/t21-,22+/m1/s1. The van der Waals surface area contributed by atoms with Gasteiger partial charge in [-0.3, -0.25) is 4.79 Å². The summed E-state index contributed by atoms with van der Waals surface area (Å²) in [5.41, 5.74) is 0.251. The molecular weight excluding hydrogens is 418 g/mol. The largest absolute Gasteiger partial charge is 0.443 e. The maximum atomic E-state index is 13.5. The van der Waals surface area contributed by atoms with Gasteiger partial charge in [0.05, 0.1) is 18.6 Å². The van der Waals surface area contributed by atoms with Crippen molar-refractivity contribution >= 4 is 31.1 Å². The van der Waals surface area contributed by atoms with Gasteiger partial charge in [-0.25, -0.2) is 9.69 Å². The molecule has 0 spiro atoms. The lowest BCUT2D eigenvalue weighted by atomic mass is 9.94. The van der Waals surface area contributed by atoms with Crippen LogP contribution in [-0.4, -0.2) is 43.5 Å². The molecule has 3 rings (SSSR count). The lowest BCUT2D eigenvalue weighted by molar-refractivity contribution is -0.129. The third-order valence-electron chi connectivity index (χ3n) is 6.62. The van der Waals surface area contributed by atoms with Gasteiger partial charge in [-0.05, 0) is 61.7 Å². The van der Waals surface area contributed by atoms with Crippen LogP contribution in [0.2, 0.25) is 18.1 Å². The van der Waals surface area contributed by atoms with Crippen molar-refractivity contribution in [1.29, 1.82) is 0 Å². The molecule has 1 heterocycles. The van der Waals surface area contributed by atoms with E-state index in [9.17, 15) is 9.59 Å². The molecule has 2 atom stereocenters. The van der Waals surface area contributed by atoms with Crippen molar-refractivity contribution in [3.63, 3.8) is 0 Å². The molecule has 0 radical (unpaired) electrons. The highest BCUT2D eigenvalue weighted by Crippen LogP contribution is 2.39. The van der Waals surface area contributed by atoms with Crippen molar-refractivity contribution < 1.29 is 18.8 Å². The molecule has 1 fully saturated rings. The zero-order chi connectivity index (χ0) is 23.9. The average Bonchev–Trinajstić information content (AvgIpc) is 3.00. The van der Waals surface area contributed by atoms with E-state index in [4.69, 9.17) is 9.16 Å². The van der Waals surface area contributed by atoms with Crippen molar-refractivity contribution in [3.05, 3.63) is 48.0 Å². The fraction of sp³-hybridized carbons (Fsp3) is 0.538. The number of benzene rings is 2. The Morgan fingerprint density at radius 3 is 2.25 bits per heavy atom. The summed E-state index contributed by atoms with van der Waals surface area (Å²) < 4.78 is 12.0. The molecule has 1 aliphatic heterocycles. The highest BCUT2D eigenvalue weighted by molar-refractivity contribution is 6.74. The molecule has 6 heteroatoms. The first-order valence-electron chi connectivity index (χ1n) is 11.4. The minimum atomic E-state index is -2.03. The molecule has 2 aromatic carbocycles. The van der Waals surface area contributed by atoms with E-state index < -0.39 is 20.0 Å². The second-order valence-corrected chi connectivity index (χ2v) is 16.1. The summed E-state index contributed by atoms with van der Waals surface area (Å²) in [6.45, 7) is 16.7. The summed E-state index contributed by atoms with van der Waals surface area (Å²) in [6.07, 6.45) is -0.0555. The Kier molecular flexibility index (Phi) is 6.60. The molecule has 0 aromatic heterocycles. The first kappa shape index (κ1) is 24.5. The Bertz CT molecular complexity index is 1000. The van der Waals surface area contributed by atoms with E-state index in [1.54, 1.807) is 0 Å². The van der Waals surface area contributed by atoms with E-state index in [1.807, 2.05) is 51.1 Å². The number of fused-ring (bicyclic) bond motifs is 1. The number of carbonyl (C=O) groups excluding carboxylic acids is 2. The first-order valence-corrected chi connectivity index (χ1v) is 14.3. The van der Waals surface area contributed by atoms with Crippen LogP contribution in [0.15, 0.2) is 42.5 Å². The molecule has 0 saturated carbocycles. The van der Waals surface area contributed by atoms with Crippen LogP contribution >= 0.6 is 0 Å². The van der Waals surface area contributed by atoms with Crippen molar-refractivity contribution in [2.45, 2.75) is 83.7 Å². The molecule has 5 nitrogen and oxygen atoms in total. The lowest BCUT2D eigenvalue weighted by Crippen LogP contribution is -2.48. The molecule has 0 aliphatic carbocycles. The lowest BCUT2D eigenvalue weighted by Gasteiger charge is -2.37. The third kappa shape index (κ3) is 5.23. The van der Waals surface area contributed by atoms with E-state index in [2.05, 4.69) is 46.0 Å². The van der Waals surface area contributed by atoms with Crippen LogP contribution in [0.25, 0.3) is 10.8 Å². The van der Waals surface area contributed by atoms with E-state index in [-0.39, 0.29) is 22.9 Å². The second-order valence-electron chi connectivity index (χ2n) is 11.3. The summed E-state index contributed by atoms with van der Waals surface area (Å²) >= 11 is 0. The van der Waals surface area contributed by atoms with E-state index >= 15 is 0 Å². The Labute approximate surface area is 193 Å². The number of amides is 2. The van der Waals surface area contributed by atoms with Crippen molar-refractivity contribution in [2.75, 3.05) is 6.61 Å². The van der Waals surface area contributed by atoms with Crippen LogP contribution in [0.1, 0.15) is 59.4 Å². The molecule has 1 saturated heterocycles. The number of likely N-dealkylation sites (tertiary alicyclic amines) is 1. The zero-order valence-electron chi connectivity index (χ0n) is 20.7. The number of ether oxygens (including phenoxy) is 1. The van der Waals surface area contributed by atoms with Gasteiger partial charge >= 0.3 is 6.09 Å². The highest BCUT2D eigenvalue weighted by Gasteiger charge is 2.47. The summed E-state index contributed by atoms with van der Waals surface area (Å²) in [4.78, 5) is 27.8. The fourth-order valence-electron chi connectivity index (χ4n) is 3.74.